The normalized spacial score (nSPS) is 13.6. The second-order valence-corrected chi connectivity index (χ2v) is 6.18. The van der Waals surface area contributed by atoms with Crippen LogP contribution in [0.25, 0.3) is 0 Å². The molecule has 2 aromatic rings. The molecular weight excluding hydrogens is 364 g/mol. The molecule has 1 aliphatic rings. The van der Waals surface area contributed by atoms with Gasteiger partial charge in [-0.15, -0.1) is 0 Å². The number of amides is 2. The van der Waals surface area contributed by atoms with E-state index in [9.17, 15) is 19.7 Å². The summed E-state index contributed by atoms with van der Waals surface area (Å²) in [5.41, 5.74) is 0.881. The van der Waals surface area contributed by atoms with Crippen LogP contribution in [-0.4, -0.2) is 47.9 Å². The van der Waals surface area contributed by atoms with E-state index in [1.165, 1.54) is 12.3 Å². The van der Waals surface area contributed by atoms with Crippen LogP contribution in [0.1, 0.15) is 6.42 Å². The average molecular weight is 384 g/mol. The summed E-state index contributed by atoms with van der Waals surface area (Å²) < 4.78 is 0. The smallest absolute Gasteiger partial charge is 0.292 e. The molecule has 1 aliphatic heterocycles. The largest absolute Gasteiger partial charge is 0.379 e. The van der Waals surface area contributed by atoms with Gasteiger partial charge in [0.2, 0.25) is 11.8 Å². The van der Waals surface area contributed by atoms with E-state index in [2.05, 4.69) is 20.9 Å². The fraction of sp³-hybridized carbons (Fsp3) is 0.278. The summed E-state index contributed by atoms with van der Waals surface area (Å²) in [6.45, 7) is 1.77. The van der Waals surface area contributed by atoms with Gasteiger partial charge in [0.05, 0.1) is 23.4 Å². The third kappa shape index (κ3) is 4.93. The van der Waals surface area contributed by atoms with E-state index in [1.807, 2.05) is 4.90 Å². The summed E-state index contributed by atoms with van der Waals surface area (Å²) in [7, 11) is 0. The van der Waals surface area contributed by atoms with E-state index in [-0.39, 0.29) is 37.0 Å². The Morgan fingerprint density at radius 2 is 2.11 bits per heavy atom. The molecule has 3 rings (SSSR count). The molecule has 28 heavy (non-hydrogen) atoms. The fourth-order valence-corrected chi connectivity index (χ4v) is 2.80. The predicted molar refractivity (Wildman–Crippen MR) is 104 cm³/mol. The number of nitro groups is 1. The zero-order valence-electron chi connectivity index (χ0n) is 15.1. The van der Waals surface area contributed by atoms with Crippen molar-refractivity contribution in [3.63, 3.8) is 0 Å². The maximum absolute atomic E-state index is 12.1. The highest BCUT2D eigenvalue weighted by atomic mass is 16.6. The molecule has 2 amide bonds. The van der Waals surface area contributed by atoms with Gasteiger partial charge in [-0.05, 0) is 18.2 Å². The van der Waals surface area contributed by atoms with Crippen molar-refractivity contribution in [1.82, 2.24) is 10.3 Å². The molecule has 10 nitrogen and oxygen atoms in total. The van der Waals surface area contributed by atoms with Crippen LogP contribution in [0.15, 0.2) is 42.6 Å². The number of hydrogen-bond acceptors (Lipinski definition) is 7. The number of carbonyl (C=O) groups excluding carboxylic acids is 2. The van der Waals surface area contributed by atoms with Gasteiger partial charge in [0, 0.05) is 32.1 Å². The number of carbonyl (C=O) groups is 2. The van der Waals surface area contributed by atoms with Crippen LogP contribution in [-0.2, 0) is 9.59 Å². The first kappa shape index (κ1) is 19.1. The van der Waals surface area contributed by atoms with E-state index in [1.54, 1.807) is 30.3 Å². The van der Waals surface area contributed by atoms with Crippen molar-refractivity contribution < 1.29 is 14.5 Å². The number of benzene rings is 1. The first-order chi connectivity index (χ1) is 13.5. The molecule has 1 aromatic carbocycles. The molecule has 0 saturated carbocycles. The Morgan fingerprint density at radius 3 is 2.82 bits per heavy atom. The Bertz CT molecular complexity index is 871. The Morgan fingerprint density at radius 1 is 1.29 bits per heavy atom. The molecule has 2 heterocycles. The summed E-state index contributed by atoms with van der Waals surface area (Å²) in [6.07, 6.45) is 1.68. The van der Waals surface area contributed by atoms with Crippen molar-refractivity contribution in [1.29, 1.82) is 0 Å². The summed E-state index contributed by atoms with van der Waals surface area (Å²) in [4.78, 5) is 40.2. The molecule has 3 N–H and O–H groups in total. The maximum atomic E-state index is 12.1. The molecule has 0 bridgehead atoms. The second kappa shape index (κ2) is 8.80. The minimum absolute atomic E-state index is 0.0332. The summed E-state index contributed by atoms with van der Waals surface area (Å²) >= 11 is 0. The van der Waals surface area contributed by atoms with Crippen LogP contribution in [0.3, 0.4) is 0 Å². The SMILES string of the molecule is O=C1CN(c2ccc(NC(=O)CCNc3ccccc3[N+](=O)[O-])cn2)CCN1. The van der Waals surface area contributed by atoms with Gasteiger partial charge in [-0.1, -0.05) is 12.1 Å². The predicted octanol–water partition coefficient (Wildman–Crippen LogP) is 1.37. The number of hydrogen-bond donors (Lipinski definition) is 3. The highest BCUT2D eigenvalue weighted by Gasteiger charge is 2.17. The lowest BCUT2D eigenvalue weighted by molar-refractivity contribution is -0.384. The van der Waals surface area contributed by atoms with Crippen molar-refractivity contribution in [3.8, 4) is 0 Å². The molecule has 1 aromatic heterocycles. The van der Waals surface area contributed by atoms with Crippen molar-refractivity contribution >= 4 is 34.7 Å². The molecule has 146 valence electrons. The maximum Gasteiger partial charge on any atom is 0.292 e. The van der Waals surface area contributed by atoms with E-state index in [0.717, 1.165) is 0 Å². The number of pyridine rings is 1. The molecular formula is C18H20N6O4. The van der Waals surface area contributed by atoms with Gasteiger partial charge in [0.1, 0.15) is 11.5 Å². The Labute approximate surface area is 161 Å². The topological polar surface area (TPSA) is 130 Å². The Hall–Kier alpha value is -3.69. The number of para-hydroxylation sites is 2. The van der Waals surface area contributed by atoms with Crippen molar-refractivity contribution in [2.75, 3.05) is 41.7 Å². The number of rotatable bonds is 7. The molecule has 1 fully saturated rings. The Kier molecular flexibility index (Phi) is 6.00. The first-order valence-electron chi connectivity index (χ1n) is 8.78. The zero-order valence-corrected chi connectivity index (χ0v) is 15.1. The van der Waals surface area contributed by atoms with E-state index in [4.69, 9.17) is 0 Å². The monoisotopic (exact) mass is 384 g/mol. The minimum Gasteiger partial charge on any atom is -0.379 e. The number of anilines is 3. The summed E-state index contributed by atoms with van der Waals surface area (Å²) in [5, 5.41) is 19.4. The fourth-order valence-electron chi connectivity index (χ4n) is 2.80. The van der Waals surface area contributed by atoms with Crippen LogP contribution in [0.5, 0.6) is 0 Å². The molecule has 10 heteroatoms. The summed E-state index contributed by atoms with van der Waals surface area (Å²) in [5.74, 6) is 0.389. The van der Waals surface area contributed by atoms with Crippen LogP contribution in [0.2, 0.25) is 0 Å². The van der Waals surface area contributed by atoms with E-state index >= 15 is 0 Å². The molecule has 1 saturated heterocycles. The van der Waals surface area contributed by atoms with E-state index in [0.29, 0.717) is 30.3 Å². The molecule has 0 atom stereocenters. The third-order valence-electron chi connectivity index (χ3n) is 4.16. The van der Waals surface area contributed by atoms with Crippen LogP contribution in [0, 0.1) is 10.1 Å². The second-order valence-electron chi connectivity index (χ2n) is 6.18. The minimum atomic E-state index is -0.471. The lowest BCUT2D eigenvalue weighted by atomic mass is 10.2. The number of piperazine rings is 1. The van der Waals surface area contributed by atoms with Gasteiger partial charge in [-0.2, -0.15) is 0 Å². The Balaban J connectivity index is 1.48. The van der Waals surface area contributed by atoms with Gasteiger partial charge in [0.25, 0.3) is 5.69 Å². The number of nitrogens with zero attached hydrogens (tertiary/aromatic N) is 3. The highest BCUT2D eigenvalue weighted by Crippen LogP contribution is 2.23. The van der Waals surface area contributed by atoms with Crippen LogP contribution in [0.4, 0.5) is 22.9 Å². The van der Waals surface area contributed by atoms with Crippen molar-refractivity contribution in [2.24, 2.45) is 0 Å². The lowest BCUT2D eigenvalue weighted by Gasteiger charge is -2.27. The first-order valence-corrected chi connectivity index (χ1v) is 8.78. The van der Waals surface area contributed by atoms with Crippen molar-refractivity contribution in [2.45, 2.75) is 6.42 Å². The lowest BCUT2D eigenvalue weighted by Crippen LogP contribution is -2.48. The average Bonchev–Trinajstić information content (AvgIpc) is 2.69. The molecule has 0 radical (unpaired) electrons. The van der Waals surface area contributed by atoms with Gasteiger partial charge >= 0.3 is 0 Å². The number of nitrogens with one attached hydrogen (secondary N) is 3. The third-order valence-corrected chi connectivity index (χ3v) is 4.16. The standard InChI is InChI=1S/C18H20N6O4/c25-17(7-8-19-14-3-1-2-4-15(14)24(27)28)22-13-5-6-16(21-11-13)23-10-9-20-18(26)12-23/h1-6,11,19H,7-10,12H2,(H,20,26)(H,22,25). The van der Waals surface area contributed by atoms with E-state index < -0.39 is 4.92 Å². The zero-order chi connectivity index (χ0) is 19.9. The van der Waals surface area contributed by atoms with Crippen LogP contribution < -0.4 is 20.9 Å². The van der Waals surface area contributed by atoms with Gasteiger partial charge < -0.3 is 20.9 Å². The van der Waals surface area contributed by atoms with Crippen molar-refractivity contribution in [3.05, 3.63) is 52.7 Å². The molecule has 0 unspecified atom stereocenters. The quantitative estimate of drug-likeness (QED) is 0.485. The van der Waals surface area contributed by atoms with Crippen LogP contribution >= 0.6 is 0 Å². The molecule has 0 aliphatic carbocycles. The van der Waals surface area contributed by atoms with Gasteiger partial charge in [-0.25, -0.2) is 4.98 Å². The number of nitro benzene ring substituents is 1. The summed E-state index contributed by atoms with van der Waals surface area (Å²) in [6, 6.07) is 9.75. The molecule has 0 spiro atoms. The van der Waals surface area contributed by atoms with Gasteiger partial charge in [-0.3, -0.25) is 19.7 Å². The number of aromatic nitrogens is 1. The highest BCUT2D eigenvalue weighted by molar-refractivity contribution is 5.91. The van der Waals surface area contributed by atoms with Gasteiger partial charge in [0.15, 0.2) is 0 Å².